The van der Waals surface area contributed by atoms with Crippen molar-refractivity contribution < 1.29 is 4.79 Å². The van der Waals surface area contributed by atoms with E-state index < -0.39 is 0 Å². The van der Waals surface area contributed by atoms with E-state index in [1.807, 2.05) is 47.6 Å². The topological polar surface area (TPSA) is 23.6 Å². The number of rotatable bonds is 3. The van der Waals surface area contributed by atoms with Crippen LogP contribution in [0.3, 0.4) is 0 Å². The van der Waals surface area contributed by atoms with Gasteiger partial charge in [-0.1, -0.05) is 6.07 Å². The molecule has 17 heavy (non-hydrogen) atoms. The summed E-state index contributed by atoms with van der Waals surface area (Å²) >= 11 is 1.64. The number of hydrogen-bond acceptors (Lipinski definition) is 3. The summed E-state index contributed by atoms with van der Waals surface area (Å²) < 4.78 is 2.03. The average Bonchev–Trinajstić information content (AvgIpc) is 2.81. The molecule has 1 aliphatic heterocycles. The number of likely N-dealkylation sites (tertiary alicyclic amines) is 1. The molecule has 1 heterocycles. The fourth-order valence-corrected chi connectivity index (χ4v) is 2.74. The van der Waals surface area contributed by atoms with Gasteiger partial charge in [-0.25, -0.2) is 0 Å². The second-order valence-corrected chi connectivity index (χ2v) is 5.82. The highest BCUT2D eigenvalue weighted by Crippen LogP contribution is 2.22. The molecule has 0 unspecified atom stereocenters. The predicted molar refractivity (Wildman–Crippen MR) is 71.1 cm³/mol. The van der Waals surface area contributed by atoms with Crippen molar-refractivity contribution in [2.24, 2.45) is 0 Å². The minimum atomic E-state index is 0.170. The summed E-state index contributed by atoms with van der Waals surface area (Å²) in [6.45, 7) is 1.81. The van der Waals surface area contributed by atoms with Crippen LogP contribution < -0.4 is 0 Å². The highest BCUT2D eigenvalue weighted by Gasteiger charge is 2.19. The standard InChI is InChI=1S/C13H18N2OS/c1-14(2)17-12-7-5-6-11(10-12)13(16)15-8-3-4-9-15/h5-7,10H,3-4,8-9H2,1-2H3. The lowest BCUT2D eigenvalue weighted by Gasteiger charge is -2.16. The van der Waals surface area contributed by atoms with E-state index in [0.717, 1.165) is 36.4 Å². The maximum Gasteiger partial charge on any atom is 0.253 e. The third kappa shape index (κ3) is 3.23. The Morgan fingerprint density at radius 1 is 1.29 bits per heavy atom. The number of hydrogen-bond donors (Lipinski definition) is 0. The molecule has 1 saturated heterocycles. The Bertz CT molecular complexity index is 400. The zero-order valence-corrected chi connectivity index (χ0v) is 11.2. The summed E-state index contributed by atoms with van der Waals surface area (Å²) in [6.07, 6.45) is 2.27. The van der Waals surface area contributed by atoms with Crippen molar-refractivity contribution >= 4 is 17.9 Å². The summed E-state index contributed by atoms with van der Waals surface area (Å²) in [5, 5.41) is 0. The number of nitrogens with zero attached hydrogens (tertiary/aromatic N) is 2. The third-order valence-corrected chi connectivity index (χ3v) is 3.59. The molecule has 92 valence electrons. The molecule has 0 atom stereocenters. The molecule has 1 aromatic carbocycles. The van der Waals surface area contributed by atoms with E-state index in [-0.39, 0.29) is 5.91 Å². The van der Waals surface area contributed by atoms with Crippen LogP contribution in [0.25, 0.3) is 0 Å². The van der Waals surface area contributed by atoms with Gasteiger partial charge in [0.2, 0.25) is 0 Å². The van der Waals surface area contributed by atoms with Gasteiger partial charge in [-0.2, -0.15) is 0 Å². The summed E-state index contributed by atoms with van der Waals surface area (Å²) in [5.41, 5.74) is 0.804. The van der Waals surface area contributed by atoms with Crippen LogP contribution in [0.2, 0.25) is 0 Å². The van der Waals surface area contributed by atoms with Gasteiger partial charge in [0.1, 0.15) is 0 Å². The molecule has 4 heteroatoms. The number of carbonyl (C=O) groups excluding carboxylic acids is 1. The minimum Gasteiger partial charge on any atom is -0.339 e. The van der Waals surface area contributed by atoms with Crippen molar-refractivity contribution in [1.29, 1.82) is 0 Å². The van der Waals surface area contributed by atoms with E-state index in [9.17, 15) is 4.79 Å². The molecule has 0 aromatic heterocycles. The number of amides is 1. The lowest BCUT2D eigenvalue weighted by atomic mass is 10.2. The van der Waals surface area contributed by atoms with Gasteiger partial charge >= 0.3 is 0 Å². The molecule has 1 amide bonds. The van der Waals surface area contributed by atoms with Crippen LogP contribution in [0, 0.1) is 0 Å². The van der Waals surface area contributed by atoms with E-state index in [2.05, 4.69) is 0 Å². The molecule has 0 saturated carbocycles. The van der Waals surface area contributed by atoms with Gasteiger partial charge in [0, 0.05) is 23.5 Å². The molecular weight excluding hydrogens is 232 g/mol. The molecule has 0 aliphatic carbocycles. The average molecular weight is 250 g/mol. The molecule has 0 N–H and O–H groups in total. The van der Waals surface area contributed by atoms with E-state index in [1.54, 1.807) is 11.9 Å². The van der Waals surface area contributed by atoms with Crippen molar-refractivity contribution in [1.82, 2.24) is 9.21 Å². The maximum atomic E-state index is 12.2. The van der Waals surface area contributed by atoms with Gasteiger partial charge in [-0.05, 0) is 57.1 Å². The Morgan fingerprint density at radius 2 is 2.00 bits per heavy atom. The van der Waals surface area contributed by atoms with E-state index in [0.29, 0.717) is 0 Å². The lowest BCUT2D eigenvalue weighted by Crippen LogP contribution is -2.27. The largest absolute Gasteiger partial charge is 0.339 e. The van der Waals surface area contributed by atoms with Crippen LogP contribution in [-0.4, -0.2) is 42.3 Å². The highest BCUT2D eigenvalue weighted by atomic mass is 32.2. The molecule has 3 nitrogen and oxygen atoms in total. The first-order valence-corrected chi connectivity index (χ1v) is 6.69. The van der Waals surface area contributed by atoms with Gasteiger partial charge in [0.05, 0.1) is 0 Å². The smallest absolute Gasteiger partial charge is 0.253 e. The Kier molecular flexibility index (Phi) is 4.07. The van der Waals surface area contributed by atoms with Crippen molar-refractivity contribution in [3.63, 3.8) is 0 Å². The Labute approximate surface area is 107 Å². The first kappa shape index (κ1) is 12.5. The zero-order valence-electron chi connectivity index (χ0n) is 10.3. The predicted octanol–water partition coefficient (Wildman–Crippen LogP) is 2.49. The van der Waals surface area contributed by atoms with Crippen molar-refractivity contribution in [2.75, 3.05) is 27.2 Å². The van der Waals surface area contributed by atoms with Crippen LogP contribution in [0.5, 0.6) is 0 Å². The number of benzene rings is 1. The van der Waals surface area contributed by atoms with Crippen LogP contribution in [0.15, 0.2) is 29.2 Å². The Morgan fingerprint density at radius 3 is 2.65 bits per heavy atom. The molecule has 1 aliphatic rings. The van der Waals surface area contributed by atoms with Gasteiger partial charge < -0.3 is 4.90 Å². The monoisotopic (exact) mass is 250 g/mol. The highest BCUT2D eigenvalue weighted by molar-refractivity contribution is 7.97. The number of carbonyl (C=O) groups is 1. The van der Waals surface area contributed by atoms with Gasteiger partial charge in [0.15, 0.2) is 0 Å². The quantitative estimate of drug-likeness (QED) is 0.770. The fourth-order valence-electron chi connectivity index (χ4n) is 2.00. The van der Waals surface area contributed by atoms with E-state index >= 15 is 0 Å². The zero-order chi connectivity index (χ0) is 12.3. The lowest BCUT2D eigenvalue weighted by molar-refractivity contribution is 0.0792. The second-order valence-electron chi connectivity index (χ2n) is 4.43. The van der Waals surface area contributed by atoms with Crippen LogP contribution in [0.1, 0.15) is 23.2 Å². The van der Waals surface area contributed by atoms with E-state index in [4.69, 9.17) is 0 Å². The van der Waals surface area contributed by atoms with Gasteiger partial charge in [0.25, 0.3) is 5.91 Å². The molecule has 1 aromatic rings. The maximum absolute atomic E-state index is 12.2. The molecule has 2 rings (SSSR count). The van der Waals surface area contributed by atoms with E-state index in [1.165, 1.54) is 0 Å². The SMILES string of the molecule is CN(C)Sc1cccc(C(=O)N2CCCC2)c1. The van der Waals surface area contributed by atoms with Crippen molar-refractivity contribution in [2.45, 2.75) is 17.7 Å². The van der Waals surface area contributed by atoms with Gasteiger partial charge in [-0.15, -0.1) is 0 Å². The molecular formula is C13H18N2OS. The van der Waals surface area contributed by atoms with Crippen LogP contribution >= 0.6 is 11.9 Å². The summed E-state index contributed by atoms with van der Waals surface area (Å²) in [6, 6.07) is 7.87. The van der Waals surface area contributed by atoms with Crippen LogP contribution in [0.4, 0.5) is 0 Å². The Hall–Kier alpha value is -1.00. The third-order valence-electron chi connectivity index (χ3n) is 2.76. The minimum absolute atomic E-state index is 0.170. The van der Waals surface area contributed by atoms with Gasteiger partial charge in [-0.3, -0.25) is 9.10 Å². The van der Waals surface area contributed by atoms with Crippen molar-refractivity contribution in [3.05, 3.63) is 29.8 Å². The normalized spacial score (nSPS) is 15.6. The summed E-state index contributed by atoms with van der Waals surface area (Å²) in [7, 11) is 4.00. The first-order valence-electron chi connectivity index (χ1n) is 5.91. The Balaban J connectivity index is 2.12. The fraction of sp³-hybridized carbons (Fsp3) is 0.462. The first-order chi connectivity index (χ1) is 8.16. The molecule has 0 bridgehead atoms. The molecule has 1 fully saturated rings. The summed E-state index contributed by atoms with van der Waals surface area (Å²) in [5.74, 6) is 0.170. The summed E-state index contributed by atoms with van der Waals surface area (Å²) in [4.78, 5) is 15.2. The van der Waals surface area contributed by atoms with Crippen LogP contribution in [-0.2, 0) is 0 Å². The van der Waals surface area contributed by atoms with Crippen molar-refractivity contribution in [3.8, 4) is 0 Å². The second kappa shape index (κ2) is 5.56. The molecule has 0 spiro atoms. The molecule has 0 radical (unpaired) electrons.